The van der Waals surface area contributed by atoms with Crippen LogP contribution >= 0.6 is 23.2 Å². The van der Waals surface area contributed by atoms with E-state index < -0.39 is 5.97 Å². The van der Waals surface area contributed by atoms with E-state index in [0.29, 0.717) is 40.3 Å². The number of carbonyl (C=O) groups is 1. The molecule has 0 aliphatic carbocycles. The van der Waals surface area contributed by atoms with Gasteiger partial charge < -0.3 is 19.7 Å². The van der Waals surface area contributed by atoms with Gasteiger partial charge in [-0.05, 0) is 55.7 Å². The number of carboxylic acid groups (broad SMARTS) is 1. The van der Waals surface area contributed by atoms with Gasteiger partial charge >= 0.3 is 5.97 Å². The van der Waals surface area contributed by atoms with Crippen LogP contribution in [0.2, 0.25) is 10.0 Å². The van der Waals surface area contributed by atoms with Crippen molar-refractivity contribution in [2.45, 2.75) is 26.8 Å². The average Bonchev–Trinajstić information content (AvgIpc) is 2.95. The second kappa shape index (κ2) is 10.1. The van der Waals surface area contributed by atoms with Gasteiger partial charge in [0.1, 0.15) is 5.76 Å². The van der Waals surface area contributed by atoms with Crippen LogP contribution in [0.25, 0.3) is 11.1 Å². The fourth-order valence-electron chi connectivity index (χ4n) is 4.06. The molecule has 0 atom stereocenters. The molecule has 0 amide bonds. The lowest BCUT2D eigenvalue weighted by Crippen LogP contribution is -2.26. The van der Waals surface area contributed by atoms with Crippen molar-refractivity contribution in [2.75, 3.05) is 31.6 Å². The fourth-order valence-corrected chi connectivity index (χ4v) is 4.64. The molecule has 1 saturated heterocycles. The Morgan fingerprint density at radius 3 is 2.58 bits per heavy atom. The molecule has 1 fully saturated rings. The zero-order valence-electron chi connectivity index (χ0n) is 18.5. The highest BCUT2D eigenvalue weighted by Crippen LogP contribution is 2.39. The summed E-state index contributed by atoms with van der Waals surface area (Å²) in [7, 11) is 0. The summed E-state index contributed by atoms with van der Waals surface area (Å²) in [5.74, 6) is -0.363. The van der Waals surface area contributed by atoms with E-state index in [2.05, 4.69) is 15.4 Å². The van der Waals surface area contributed by atoms with Gasteiger partial charge in [0.2, 0.25) is 0 Å². The van der Waals surface area contributed by atoms with Crippen LogP contribution in [0.4, 0.5) is 11.4 Å². The molecule has 0 bridgehead atoms. The van der Waals surface area contributed by atoms with E-state index in [-0.39, 0.29) is 5.56 Å². The number of aromatic nitrogens is 1. The maximum Gasteiger partial charge on any atom is 0.337 e. The van der Waals surface area contributed by atoms with Crippen LogP contribution < -0.4 is 5.32 Å². The monoisotopic (exact) mass is 489 g/mol. The van der Waals surface area contributed by atoms with E-state index in [1.807, 2.05) is 19.9 Å². The minimum Gasteiger partial charge on any atom is -0.478 e. The summed E-state index contributed by atoms with van der Waals surface area (Å²) in [5.41, 5.74) is 4.28. The van der Waals surface area contributed by atoms with Gasteiger partial charge in [0, 0.05) is 31.8 Å². The molecular formula is C24H25Cl2N3O4. The predicted molar refractivity (Wildman–Crippen MR) is 129 cm³/mol. The molecule has 0 saturated carbocycles. The molecular weight excluding hydrogens is 465 g/mol. The summed E-state index contributed by atoms with van der Waals surface area (Å²) in [5, 5.41) is 17.6. The van der Waals surface area contributed by atoms with Crippen LogP contribution in [-0.2, 0) is 11.3 Å². The number of aryl methyl sites for hydroxylation is 2. The highest BCUT2D eigenvalue weighted by molar-refractivity contribution is 6.39. The van der Waals surface area contributed by atoms with Crippen molar-refractivity contribution in [3.63, 3.8) is 0 Å². The first-order valence-electron chi connectivity index (χ1n) is 10.7. The quantitative estimate of drug-likeness (QED) is 0.443. The highest BCUT2D eigenvalue weighted by Gasteiger charge is 2.19. The van der Waals surface area contributed by atoms with Crippen molar-refractivity contribution in [3.05, 3.63) is 63.0 Å². The lowest BCUT2D eigenvalue weighted by atomic mass is 10.0. The van der Waals surface area contributed by atoms with Gasteiger partial charge in [0.15, 0.2) is 0 Å². The summed E-state index contributed by atoms with van der Waals surface area (Å²) in [4.78, 5) is 14.3. The predicted octanol–water partition coefficient (Wildman–Crippen LogP) is 5.93. The molecule has 9 heteroatoms. The standard InChI is InChI=1S/C24H25Cl2N3O4/c1-14-22(15(2)33-28-14)17-11-19(25)23(20(26)12-17)27-21-5-4-16(10-18(21)24(30)31)13-29-6-3-8-32-9-7-29/h4-5,10-12,27H,3,6-9,13H2,1-2H3,(H,30,31). The Morgan fingerprint density at radius 1 is 1.15 bits per heavy atom. The number of rotatable bonds is 6. The van der Waals surface area contributed by atoms with Crippen LogP contribution in [0, 0.1) is 13.8 Å². The molecule has 2 heterocycles. The zero-order valence-corrected chi connectivity index (χ0v) is 20.0. The third-order valence-electron chi connectivity index (χ3n) is 5.66. The molecule has 1 aliphatic heterocycles. The summed E-state index contributed by atoms with van der Waals surface area (Å²) >= 11 is 13.1. The largest absolute Gasteiger partial charge is 0.478 e. The molecule has 174 valence electrons. The number of halogens is 2. The first-order valence-corrected chi connectivity index (χ1v) is 11.4. The molecule has 1 aliphatic rings. The fraction of sp³-hybridized carbons (Fsp3) is 0.333. The summed E-state index contributed by atoms with van der Waals surface area (Å²) in [6.45, 7) is 7.53. The maximum absolute atomic E-state index is 12.0. The Hall–Kier alpha value is -2.58. The number of nitrogens with one attached hydrogen (secondary N) is 1. The Labute approximate surface area is 202 Å². The Kier molecular flexibility index (Phi) is 7.24. The van der Waals surface area contributed by atoms with E-state index in [0.717, 1.165) is 48.5 Å². The van der Waals surface area contributed by atoms with E-state index in [1.54, 1.807) is 24.3 Å². The average molecular weight is 490 g/mol. The van der Waals surface area contributed by atoms with Crippen LogP contribution in [-0.4, -0.2) is 47.4 Å². The van der Waals surface area contributed by atoms with Gasteiger partial charge in [-0.3, -0.25) is 4.90 Å². The topological polar surface area (TPSA) is 87.8 Å². The third kappa shape index (κ3) is 5.33. The van der Waals surface area contributed by atoms with E-state index in [9.17, 15) is 9.90 Å². The highest BCUT2D eigenvalue weighted by atomic mass is 35.5. The van der Waals surface area contributed by atoms with Crippen molar-refractivity contribution >= 4 is 40.5 Å². The van der Waals surface area contributed by atoms with Gasteiger partial charge in [-0.15, -0.1) is 0 Å². The molecule has 4 rings (SSSR count). The minimum absolute atomic E-state index is 0.153. The molecule has 33 heavy (non-hydrogen) atoms. The second-order valence-corrected chi connectivity index (χ2v) is 8.88. The van der Waals surface area contributed by atoms with Gasteiger partial charge in [-0.2, -0.15) is 0 Å². The smallest absolute Gasteiger partial charge is 0.337 e. The van der Waals surface area contributed by atoms with Gasteiger partial charge in [-0.25, -0.2) is 4.79 Å². The number of ether oxygens (including phenoxy) is 1. The minimum atomic E-state index is -1.03. The molecule has 7 nitrogen and oxygen atoms in total. The number of hydrogen-bond acceptors (Lipinski definition) is 6. The van der Waals surface area contributed by atoms with Crippen molar-refractivity contribution in [1.29, 1.82) is 0 Å². The van der Waals surface area contributed by atoms with Crippen molar-refractivity contribution in [1.82, 2.24) is 10.1 Å². The number of aromatic carboxylic acids is 1. The number of carboxylic acids is 1. The first-order chi connectivity index (χ1) is 15.8. The van der Waals surface area contributed by atoms with Crippen molar-refractivity contribution < 1.29 is 19.2 Å². The number of anilines is 2. The Bertz CT molecular complexity index is 1130. The van der Waals surface area contributed by atoms with Crippen molar-refractivity contribution in [2.24, 2.45) is 0 Å². The third-order valence-corrected chi connectivity index (χ3v) is 6.26. The van der Waals surface area contributed by atoms with Crippen molar-refractivity contribution in [3.8, 4) is 11.1 Å². The van der Waals surface area contributed by atoms with Crippen LogP contribution in [0.3, 0.4) is 0 Å². The molecule has 2 aromatic carbocycles. The summed E-state index contributed by atoms with van der Waals surface area (Å²) < 4.78 is 10.7. The zero-order chi connectivity index (χ0) is 23.5. The first kappa shape index (κ1) is 23.6. The molecule has 0 radical (unpaired) electrons. The molecule has 1 aromatic heterocycles. The second-order valence-electron chi connectivity index (χ2n) is 8.07. The summed E-state index contributed by atoms with van der Waals surface area (Å²) in [6.07, 6.45) is 0.965. The van der Waals surface area contributed by atoms with E-state index in [4.69, 9.17) is 32.5 Å². The SMILES string of the molecule is Cc1noc(C)c1-c1cc(Cl)c(Nc2ccc(CN3CCCOCC3)cc2C(=O)O)c(Cl)c1. The molecule has 0 unspecified atom stereocenters. The Morgan fingerprint density at radius 2 is 1.91 bits per heavy atom. The lowest BCUT2D eigenvalue weighted by molar-refractivity contribution is 0.0697. The number of nitrogens with zero attached hydrogens (tertiary/aromatic N) is 2. The van der Waals surface area contributed by atoms with Crippen LogP contribution in [0.1, 0.15) is 33.8 Å². The molecule has 2 N–H and O–H groups in total. The number of hydrogen-bond donors (Lipinski definition) is 2. The van der Waals surface area contributed by atoms with E-state index >= 15 is 0 Å². The van der Waals surface area contributed by atoms with Gasteiger partial charge in [0.25, 0.3) is 0 Å². The molecule has 0 spiro atoms. The van der Waals surface area contributed by atoms with Crippen LogP contribution in [0.5, 0.6) is 0 Å². The van der Waals surface area contributed by atoms with Gasteiger partial charge in [0.05, 0.1) is 39.3 Å². The van der Waals surface area contributed by atoms with Gasteiger partial charge in [-0.1, -0.05) is 34.4 Å². The lowest BCUT2D eigenvalue weighted by Gasteiger charge is -2.20. The normalized spacial score (nSPS) is 14.8. The van der Waals surface area contributed by atoms with Crippen LogP contribution in [0.15, 0.2) is 34.9 Å². The number of benzene rings is 2. The summed E-state index contributed by atoms with van der Waals surface area (Å²) in [6, 6.07) is 8.88. The maximum atomic E-state index is 12.0. The molecule has 3 aromatic rings. The van der Waals surface area contributed by atoms with E-state index in [1.165, 1.54) is 0 Å². The Balaban J connectivity index is 1.61.